The molecule has 1 aliphatic rings. The van der Waals surface area contributed by atoms with Gasteiger partial charge in [-0.1, -0.05) is 24.3 Å². The number of hydrogen-bond acceptors (Lipinski definition) is 3. The van der Waals surface area contributed by atoms with Crippen LogP contribution in [0.1, 0.15) is 18.2 Å². The number of fused-ring (bicyclic) bond motifs is 1. The van der Waals surface area contributed by atoms with E-state index in [1.54, 1.807) is 0 Å². The Labute approximate surface area is 107 Å². The quantitative estimate of drug-likeness (QED) is 0.898. The molecule has 0 spiro atoms. The van der Waals surface area contributed by atoms with Crippen LogP contribution in [-0.4, -0.2) is 25.2 Å². The second kappa shape index (κ2) is 5.04. The summed E-state index contributed by atoms with van der Waals surface area (Å²) < 4.78 is 5.51. The monoisotopic (exact) mass is 242 g/mol. The summed E-state index contributed by atoms with van der Waals surface area (Å²) in [6.45, 7) is 1.70. The molecule has 1 N–H and O–H groups in total. The van der Waals surface area contributed by atoms with Crippen molar-refractivity contribution in [3.05, 3.63) is 42.2 Å². The molecule has 1 aromatic heterocycles. The average molecular weight is 242 g/mol. The molecule has 0 saturated carbocycles. The highest BCUT2D eigenvalue weighted by molar-refractivity contribution is 5.84. The molecule has 94 valence electrons. The summed E-state index contributed by atoms with van der Waals surface area (Å²) in [5, 5.41) is 5.90. The fourth-order valence-electron chi connectivity index (χ4n) is 2.80. The molecule has 0 amide bonds. The van der Waals surface area contributed by atoms with E-state index in [-0.39, 0.29) is 6.04 Å². The van der Waals surface area contributed by atoms with Gasteiger partial charge in [0.2, 0.25) is 0 Å². The highest BCUT2D eigenvalue weighted by Gasteiger charge is 2.27. The largest absolute Gasteiger partial charge is 0.381 e. The molecule has 3 nitrogen and oxygen atoms in total. The Kier molecular flexibility index (Phi) is 3.26. The average Bonchev–Trinajstić information content (AvgIpc) is 2.94. The molecule has 2 heterocycles. The highest BCUT2D eigenvalue weighted by Crippen LogP contribution is 2.31. The minimum absolute atomic E-state index is 0.276. The third kappa shape index (κ3) is 2.00. The summed E-state index contributed by atoms with van der Waals surface area (Å²) in [7, 11) is 2.01. The maximum Gasteiger partial charge on any atom is 0.0655 e. The lowest BCUT2D eigenvalue weighted by Crippen LogP contribution is -2.26. The Bertz CT molecular complexity index is 530. The number of rotatable bonds is 3. The van der Waals surface area contributed by atoms with Crippen LogP contribution in [0.15, 0.2) is 36.5 Å². The molecule has 2 atom stereocenters. The van der Waals surface area contributed by atoms with Crippen LogP contribution in [0.4, 0.5) is 0 Å². The van der Waals surface area contributed by atoms with Crippen molar-refractivity contribution < 1.29 is 4.74 Å². The van der Waals surface area contributed by atoms with Gasteiger partial charge in [-0.15, -0.1) is 0 Å². The zero-order valence-electron chi connectivity index (χ0n) is 10.6. The topological polar surface area (TPSA) is 34.2 Å². The molecule has 0 bridgehead atoms. The lowest BCUT2D eigenvalue weighted by Gasteiger charge is -2.22. The number of pyridine rings is 1. The van der Waals surface area contributed by atoms with E-state index in [9.17, 15) is 0 Å². The van der Waals surface area contributed by atoms with Crippen molar-refractivity contribution in [1.82, 2.24) is 10.3 Å². The molecule has 18 heavy (non-hydrogen) atoms. The van der Waals surface area contributed by atoms with Gasteiger partial charge in [-0.25, -0.2) is 0 Å². The van der Waals surface area contributed by atoms with Crippen LogP contribution in [0.5, 0.6) is 0 Å². The lowest BCUT2D eigenvalue weighted by molar-refractivity contribution is 0.177. The van der Waals surface area contributed by atoms with Crippen LogP contribution in [0.2, 0.25) is 0 Å². The van der Waals surface area contributed by atoms with Crippen molar-refractivity contribution in [3.63, 3.8) is 0 Å². The molecule has 2 unspecified atom stereocenters. The van der Waals surface area contributed by atoms with Gasteiger partial charge in [0, 0.05) is 24.1 Å². The Balaban J connectivity index is 2.06. The van der Waals surface area contributed by atoms with E-state index in [0.29, 0.717) is 5.92 Å². The molecule has 3 rings (SSSR count). The summed E-state index contributed by atoms with van der Waals surface area (Å²) in [5.74, 6) is 0.522. The van der Waals surface area contributed by atoms with Crippen LogP contribution >= 0.6 is 0 Å². The molecule has 0 aliphatic carbocycles. The van der Waals surface area contributed by atoms with Crippen molar-refractivity contribution in [2.45, 2.75) is 12.5 Å². The second-order valence-corrected chi connectivity index (χ2v) is 4.81. The number of hydrogen-bond donors (Lipinski definition) is 1. The summed E-state index contributed by atoms with van der Waals surface area (Å²) in [6, 6.07) is 10.8. The maximum absolute atomic E-state index is 5.51. The molecule has 1 fully saturated rings. The Morgan fingerprint density at radius 2 is 2.22 bits per heavy atom. The lowest BCUT2D eigenvalue weighted by atomic mass is 9.93. The van der Waals surface area contributed by atoms with Gasteiger partial charge < -0.3 is 10.1 Å². The zero-order chi connectivity index (χ0) is 12.4. The standard InChI is InChI=1S/C15H18N2O/c1-16-14(12-7-9-18-10-12)15-13-5-3-2-4-11(13)6-8-17-15/h2-6,8,12,14,16H,7,9-10H2,1H3. The van der Waals surface area contributed by atoms with Gasteiger partial charge in [-0.3, -0.25) is 4.98 Å². The predicted molar refractivity (Wildman–Crippen MR) is 72.5 cm³/mol. The predicted octanol–water partition coefficient (Wildman–Crippen LogP) is 2.53. The van der Waals surface area contributed by atoms with Crippen molar-refractivity contribution >= 4 is 10.8 Å². The van der Waals surface area contributed by atoms with Crippen molar-refractivity contribution in [2.75, 3.05) is 20.3 Å². The van der Waals surface area contributed by atoms with Crippen LogP contribution in [0, 0.1) is 5.92 Å². The minimum Gasteiger partial charge on any atom is -0.381 e. The van der Waals surface area contributed by atoms with E-state index < -0.39 is 0 Å². The van der Waals surface area contributed by atoms with E-state index in [1.807, 2.05) is 13.2 Å². The van der Waals surface area contributed by atoms with Gasteiger partial charge in [0.05, 0.1) is 18.3 Å². The summed E-state index contributed by atoms with van der Waals surface area (Å²) in [4.78, 5) is 4.60. The first kappa shape index (κ1) is 11.6. The third-order valence-electron chi connectivity index (χ3n) is 3.75. The van der Waals surface area contributed by atoms with Gasteiger partial charge in [0.1, 0.15) is 0 Å². The number of benzene rings is 1. The van der Waals surface area contributed by atoms with E-state index in [4.69, 9.17) is 4.74 Å². The molecule has 1 saturated heterocycles. The highest BCUT2D eigenvalue weighted by atomic mass is 16.5. The third-order valence-corrected chi connectivity index (χ3v) is 3.75. The van der Waals surface area contributed by atoms with Crippen molar-refractivity contribution in [1.29, 1.82) is 0 Å². The molecular weight excluding hydrogens is 224 g/mol. The number of aromatic nitrogens is 1. The number of nitrogens with zero attached hydrogens (tertiary/aromatic N) is 1. The molecular formula is C15H18N2O. The molecule has 3 heteroatoms. The Morgan fingerprint density at radius 1 is 1.33 bits per heavy atom. The van der Waals surface area contributed by atoms with E-state index in [0.717, 1.165) is 25.3 Å². The smallest absolute Gasteiger partial charge is 0.0655 e. The second-order valence-electron chi connectivity index (χ2n) is 4.81. The molecule has 1 aliphatic heterocycles. The van der Waals surface area contributed by atoms with Crippen LogP contribution in [0.25, 0.3) is 10.8 Å². The van der Waals surface area contributed by atoms with Crippen molar-refractivity contribution in [2.24, 2.45) is 5.92 Å². The van der Waals surface area contributed by atoms with E-state index in [1.165, 1.54) is 10.8 Å². The van der Waals surface area contributed by atoms with Crippen LogP contribution in [-0.2, 0) is 4.74 Å². The SMILES string of the molecule is CNC(c1nccc2ccccc12)C1CCOC1. The summed E-state index contributed by atoms with van der Waals surface area (Å²) >= 11 is 0. The fraction of sp³-hybridized carbons (Fsp3) is 0.400. The fourth-order valence-corrected chi connectivity index (χ4v) is 2.80. The molecule has 0 radical (unpaired) electrons. The molecule has 2 aromatic rings. The number of ether oxygens (including phenoxy) is 1. The van der Waals surface area contributed by atoms with Gasteiger partial charge in [0.25, 0.3) is 0 Å². The van der Waals surface area contributed by atoms with Crippen LogP contribution in [0.3, 0.4) is 0 Å². The van der Waals surface area contributed by atoms with Crippen LogP contribution < -0.4 is 5.32 Å². The first-order chi connectivity index (χ1) is 8.90. The van der Waals surface area contributed by atoms with Gasteiger partial charge >= 0.3 is 0 Å². The van der Waals surface area contributed by atoms with Gasteiger partial charge in [0.15, 0.2) is 0 Å². The zero-order valence-corrected chi connectivity index (χ0v) is 10.6. The van der Waals surface area contributed by atoms with E-state index in [2.05, 4.69) is 40.6 Å². The first-order valence-electron chi connectivity index (χ1n) is 6.49. The normalized spacial score (nSPS) is 21.3. The minimum atomic E-state index is 0.276. The maximum atomic E-state index is 5.51. The summed E-state index contributed by atoms with van der Waals surface area (Å²) in [5.41, 5.74) is 1.14. The van der Waals surface area contributed by atoms with E-state index >= 15 is 0 Å². The van der Waals surface area contributed by atoms with Crippen molar-refractivity contribution in [3.8, 4) is 0 Å². The summed E-state index contributed by atoms with van der Waals surface area (Å²) in [6.07, 6.45) is 3.01. The Hall–Kier alpha value is -1.45. The number of nitrogens with one attached hydrogen (secondary N) is 1. The molecule has 1 aromatic carbocycles. The van der Waals surface area contributed by atoms with Gasteiger partial charge in [-0.2, -0.15) is 0 Å². The van der Waals surface area contributed by atoms with Gasteiger partial charge in [-0.05, 0) is 24.9 Å². The Morgan fingerprint density at radius 3 is 3.00 bits per heavy atom. The first-order valence-corrected chi connectivity index (χ1v) is 6.49.